The van der Waals surface area contributed by atoms with Crippen LogP contribution < -0.4 is 10.6 Å². The van der Waals surface area contributed by atoms with E-state index in [1.54, 1.807) is 6.08 Å². The highest BCUT2D eigenvalue weighted by atomic mass is 16.5. The molecule has 2 atom stereocenters. The van der Waals surface area contributed by atoms with Gasteiger partial charge < -0.3 is 20.5 Å². The Kier molecular flexibility index (Phi) is 6.02. The normalized spacial score (nSPS) is 21.5. The van der Waals surface area contributed by atoms with Crippen LogP contribution in [0.15, 0.2) is 60.7 Å². The number of nitrogens with one attached hydrogen (secondary N) is 2. The van der Waals surface area contributed by atoms with Gasteiger partial charge in [0.15, 0.2) is 0 Å². The van der Waals surface area contributed by atoms with E-state index in [0.717, 1.165) is 22.3 Å². The number of carbonyl (C=O) groups excluding carboxylic acids is 2. The number of ether oxygens (including phenoxy) is 1. The molecule has 2 amide bonds. The Balaban J connectivity index is 1.42. The van der Waals surface area contributed by atoms with Gasteiger partial charge in [-0.25, -0.2) is 9.59 Å². The molecule has 160 valence electrons. The lowest BCUT2D eigenvalue weighted by atomic mass is 9.98. The third kappa shape index (κ3) is 4.45. The Morgan fingerprint density at radius 2 is 1.68 bits per heavy atom. The van der Waals surface area contributed by atoms with Crippen molar-refractivity contribution in [3.63, 3.8) is 0 Å². The topological polar surface area (TPSA) is 105 Å². The maximum Gasteiger partial charge on any atom is 0.407 e. The van der Waals surface area contributed by atoms with E-state index in [0.29, 0.717) is 12.8 Å². The first-order chi connectivity index (χ1) is 15.0. The molecule has 7 heteroatoms. The largest absolute Gasteiger partial charge is 0.480 e. The molecular weight excluding hydrogens is 396 g/mol. The highest BCUT2D eigenvalue weighted by Crippen LogP contribution is 2.44. The molecule has 2 aromatic rings. The molecule has 0 bridgehead atoms. The molecule has 1 aliphatic heterocycles. The van der Waals surface area contributed by atoms with Gasteiger partial charge in [-0.3, -0.25) is 4.79 Å². The van der Waals surface area contributed by atoms with E-state index in [1.807, 2.05) is 42.5 Å². The number of hydrogen-bond donors (Lipinski definition) is 3. The fourth-order valence-corrected chi connectivity index (χ4v) is 4.16. The van der Waals surface area contributed by atoms with Crippen LogP contribution in [0.2, 0.25) is 0 Å². The molecule has 1 aliphatic carbocycles. The van der Waals surface area contributed by atoms with Crippen molar-refractivity contribution in [2.24, 2.45) is 0 Å². The standard InChI is InChI=1S/C24H24N2O5/c27-22-20(12-2-1-3-13-21(25-22)23(28)29)26-24(30)31-14-19-17-10-6-4-8-15(17)16-9-5-7-11-18(16)19/h1,3-11,19-21H,2,12-14H2,(H,25,27)(H,26,30)(H,28,29)/b3-1+/t20-,21-/m0/s1. The lowest BCUT2D eigenvalue weighted by Gasteiger charge is -2.20. The number of allylic oxidation sites excluding steroid dienone is 1. The molecule has 0 radical (unpaired) electrons. The molecule has 7 nitrogen and oxygen atoms in total. The number of carboxylic acids is 1. The Bertz CT molecular complexity index is 987. The molecule has 31 heavy (non-hydrogen) atoms. The number of carboxylic acid groups (broad SMARTS) is 1. The first-order valence-electron chi connectivity index (χ1n) is 10.3. The number of rotatable bonds is 4. The first-order valence-corrected chi connectivity index (χ1v) is 10.3. The lowest BCUT2D eigenvalue weighted by Crippen LogP contribution is -2.51. The summed E-state index contributed by atoms with van der Waals surface area (Å²) >= 11 is 0. The highest BCUT2D eigenvalue weighted by molar-refractivity contribution is 5.89. The Labute approximate surface area is 180 Å². The molecule has 2 aromatic carbocycles. The highest BCUT2D eigenvalue weighted by Gasteiger charge is 2.30. The minimum atomic E-state index is -1.11. The number of benzene rings is 2. The molecule has 0 fully saturated rings. The van der Waals surface area contributed by atoms with Gasteiger partial charge >= 0.3 is 12.1 Å². The summed E-state index contributed by atoms with van der Waals surface area (Å²) in [5.41, 5.74) is 4.47. The van der Waals surface area contributed by atoms with Crippen LogP contribution in [-0.2, 0) is 14.3 Å². The monoisotopic (exact) mass is 420 g/mol. The van der Waals surface area contributed by atoms with Gasteiger partial charge in [-0.2, -0.15) is 0 Å². The van der Waals surface area contributed by atoms with Gasteiger partial charge in [-0.05, 0) is 41.5 Å². The van der Waals surface area contributed by atoms with E-state index >= 15 is 0 Å². The molecule has 0 unspecified atom stereocenters. The fourth-order valence-electron chi connectivity index (χ4n) is 4.16. The number of amides is 2. The van der Waals surface area contributed by atoms with Gasteiger partial charge in [0.1, 0.15) is 18.7 Å². The number of carbonyl (C=O) groups is 3. The minimum absolute atomic E-state index is 0.0770. The first kappa shape index (κ1) is 20.7. The second-order valence-electron chi connectivity index (χ2n) is 7.71. The van der Waals surface area contributed by atoms with E-state index in [-0.39, 0.29) is 18.9 Å². The predicted octanol–water partition coefficient (Wildman–Crippen LogP) is 3.20. The minimum Gasteiger partial charge on any atom is -0.480 e. The van der Waals surface area contributed by atoms with E-state index in [1.165, 1.54) is 0 Å². The second kappa shape index (κ2) is 9.04. The predicted molar refractivity (Wildman–Crippen MR) is 115 cm³/mol. The summed E-state index contributed by atoms with van der Waals surface area (Å²) in [7, 11) is 0. The van der Waals surface area contributed by atoms with Crippen molar-refractivity contribution in [3.05, 3.63) is 71.8 Å². The number of alkyl carbamates (subject to hydrolysis) is 1. The molecule has 0 saturated carbocycles. The van der Waals surface area contributed by atoms with Crippen LogP contribution in [0.1, 0.15) is 36.3 Å². The Morgan fingerprint density at radius 1 is 1.03 bits per heavy atom. The summed E-state index contributed by atoms with van der Waals surface area (Å²) in [6, 6.07) is 14.2. The zero-order valence-electron chi connectivity index (χ0n) is 16.9. The molecule has 0 saturated heterocycles. The zero-order chi connectivity index (χ0) is 21.8. The zero-order valence-corrected chi connectivity index (χ0v) is 16.9. The molecule has 3 N–H and O–H groups in total. The van der Waals surface area contributed by atoms with Crippen molar-refractivity contribution in [1.82, 2.24) is 10.6 Å². The second-order valence-corrected chi connectivity index (χ2v) is 7.71. The van der Waals surface area contributed by atoms with Crippen molar-refractivity contribution >= 4 is 18.0 Å². The number of aliphatic carboxylic acids is 1. The molecule has 1 heterocycles. The van der Waals surface area contributed by atoms with Crippen LogP contribution in [0.25, 0.3) is 11.1 Å². The van der Waals surface area contributed by atoms with Gasteiger partial charge in [-0.1, -0.05) is 60.7 Å². The average molecular weight is 420 g/mol. The van der Waals surface area contributed by atoms with Crippen LogP contribution >= 0.6 is 0 Å². The van der Waals surface area contributed by atoms with E-state index in [2.05, 4.69) is 22.8 Å². The van der Waals surface area contributed by atoms with Gasteiger partial charge in [0.2, 0.25) is 5.91 Å². The molecular formula is C24H24N2O5. The van der Waals surface area contributed by atoms with Crippen LogP contribution in [0.4, 0.5) is 4.79 Å². The summed E-state index contributed by atoms with van der Waals surface area (Å²) in [6.45, 7) is 0.145. The van der Waals surface area contributed by atoms with Crippen molar-refractivity contribution < 1.29 is 24.2 Å². The van der Waals surface area contributed by atoms with E-state index in [4.69, 9.17) is 4.74 Å². The van der Waals surface area contributed by atoms with Gasteiger partial charge in [-0.15, -0.1) is 0 Å². The molecule has 0 aromatic heterocycles. The van der Waals surface area contributed by atoms with Crippen molar-refractivity contribution in [1.29, 1.82) is 0 Å². The van der Waals surface area contributed by atoms with Gasteiger partial charge in [0.25, 0.3) is 0 Å². The Hall–Kier alpha value is -3.61. The number of fused-ring (bicyclic) bond motifs is 3. The summed E-state index contributed by atoms with van der Waals surface area (Å²) in [5, 5.41) is 14.3. The number of hydrogen-bond acceptors (Lipinski definition) is 4. The van der Waals surface area contributed by atoms with Crippen molar-refractivity contribution in [3.8, 4) is 11.1 Å². The SMILES string of the molecule is O=C(N[C@H]1CC/C=C/C[C@@H](C(=O)O)NC1=O)OCC1c2ccccc2-c2ccccc21. The van der Waals surface area contributed by atoms with Gasteiger partial charge in [0, 0.05) is 5.92 Å². The third-order valence-corrected chi connectivity index (χ3v) is 5.73. The maximum atomic E-state index is 12.5. The molecule has 0 spiro atoms. The van der Waals surface area contributed by atoms with E-state index < -0.39 is 30.1 Å². The third-order valence-electron chi connectivity index (χ3n) is 5.73. The summed E-state index contributed by atoms with van der Waals surface area (Å²) in [5.74, 6) is -1.71. The average Bonchev–Trinajstić information content (AvgIpc) is 3.12. The maximum absolute atomic E-state index is 12.5. The van der Waals surface area contributed by atoms with Crippen LogP contribution in [0.5, 0.6) is 0 Å². The molecule has 4 rings (SSSR count). The summed E-state index contributed by atoms with van der Waals surface area (Å²) in [4.78, 5) is 36.3. The fraction of sp³-hybridized carbons (Fsp3) is 0.292. The van der Waals surface area contributed by atoms with Crippen LogP contribution in [-0.4, -0.2) is 41.8 Å². The van der Waals surface area contributed by atoms with Crippen molar-refractivity contribution in [2.45, 2.75) is 37.3 Å². The van der Waals surface area contributed by atoms with Gasteiger partial charge in [0.05, 0.1) is 0 Å². The molecule has 2 aliphatic rings. The van der Waals surface area contributed by atoms with E-state index in [9.17, 15) is 19.5 Å². The van der Waals surface area contributed by atoms with Crippen LogP contribution in [0, 0.1) is 0 Å². The smallest absolute Gasteiger partial charge is 0.407 e. The Morgan fingerprint density at radius 3 is 2.32 bits per heavy atom. The van der Waals surface area contributed by atoms with Crippen LogP contribution in [0.3, 0.4) is 0 Å². The van der Waals surface area contributed by atoms with Crippen molar-refractivity contribution in [2.75, 3.05) is 6.61 Å². The summed E-state index contributed by atoms with van der Waals surface area (Å²) < 4.78 is 5.50. The summed E-state index contributed by atoms with van der Waals surface area (Å²) in [6.07, 6.45) is 3.97. The quantitative estimate of drug-likeness (QED) is 0.659. The lowest BCUT2D eigenvalue weighted by molar-refractivity contribution is -0.142.